The number of rotatable bonds is 5. The molecule has 18 heavy (non-hydrogen) atoms. The molecule has 101 valence electrons. The Bertz CT molecular complexity index is 318. The fourth-order valence-electron chi connectivity index (χ4n) is 1.34. The molecule has 0 spiro atoms. The van der Waals surface area contributed by atoms with Crippen LogP contribution in [0, 0.1) is 41.7 Å². The van der Waals surface area contributed by atoms with Gasteiger partial charge < -0.3 is 14.7 Å². The summed E-state index contributed by atoms with van der Waals surface area (Å²) < 4.78 is 8.88. The molecule has 0 aromatic heterocycles. The van der Waals surface area contributed by atoms with Gasteiger partial charge in [-0.2, -0.15) is 35.9 Å². The molecule has 1 radical (unpaired) electrons. The van der Waals surface area contributed by atoms with Crippen molar-refractivity contribution in [3.63, 3.8) is 0 Å². The van der Waals surface area contributed by atoms with Gasteiger partial charge in [-0.25, -0.2) is 4.57 Å². The summed E-state index contributed by atoms with van der Waals surface area (Å²) in [5.74, 6) is 0. The number of aryl methyl sites for hydroxylation is 1. The summed E-state index contributed by atoms with van der Waals surface area (Å²) in [4.78, 5) is 21.6. The third-order valence-corrected chi connectivity index (χ3v) is 2.11. The van der Waals surface area contributed by atoms with Crippen molar-refractivity contribution in [2.45, 2.75) is 39.0 Å². The van der Waals surface area contributed by atoms with Crippen LogP contribution in [0.25, 0.3) is 0 Å². The van der Waals surface area contributed by atoms with Crippen LogP contribution >= 0.6 is 7.82 Å². The Labute approximate surface area is 137 Å². The van der Waals surface area contributed by atoms with Crippen LogP contribution in [-0.4, -0.2) is 14.7 Å². The second-order valence-corrected chi connectivity index (χ2v) is 4.76. The number of unbranched alkanes of at least 4 members (excludes halogenated alkanes) is 3. The molecule has 1 rings (SSSR count). The smallest absolute Gasteiger partial charge is 0.303 e. The molecule has 4 nitrogen and oxygen atoms in total. The van der Waals surface area contributed by atoms with E-state index < -0.39 is 7.82 Å². The first-order valence-electron chi connectivity index (χ1n) is 5.66. The molecule has 0 amide bonds. The minimum atomic E-state index is -4.64. The van der Waals surface area contributed by atoms with E-state index in [1.54, 1.807) is 0 Å². The molecule has 1 aromatic carbocycles. The van der Waals surface area contributed by atoms with Gasteiger partial charge in [-0.05, 0) is 0 Å². The molecule has 0 aliphatic rings. The molecular weight excluding hydrogens is 378 g/mol. The molecule has 0 saturated carbocycles. The monoisotopic (exact) mass is 398 g/mol. The standard InChI is InChI=1S/C12H17.La.H3O4P/c1-2-3-4-6-9-12-10-7-5-8-11-12;;1-5(2,3)4/h7-8,10-11H,2-4,6,9H2,1H3;;(H3,1,2,3,4)/q-1;;. The number of hydrogen-bond acceptors (Lipinski definition) is 1. The van der Waals surface area contributed by atoms with Gasteiger partial charge in [0.2, 0.25) is 0 Å². The van der Waals surface area contributed by atoms with Crippen LogP contribution in [0.3, 0.4) is 0 Å². The van der Waals surface area contributed by atoms with E-state index >= 15 is 0 Å². The Morgan fingerprint density at radius 1 is 1.11 bits per heavy atom. The third kappa shape index (κ3) is 18.9. The van der Waals surface area contributed by atoms with Crippen molar-refractivity contribution >= 4 is 7.82 Å². The van der Waals surface area contributed by atoms with Gasteiger partial charge in [0, 0.05) is 35.6 Å². The van der Waals surface area contributed by atoms with Gasteiger partial charge in [-0.1, -0.05) is 39.0 Å². The van der Waals surface area contributed by atoms with E-state index in [9.17, 15) is 0 Å². The maximum atomic E-state index is 8.88. The quantitative estimate of drug-likeness (QED) is 0.405. The van der Waals surface area contributed by atoms with Crippen molar-refractivity contribution in [2.24, 2.45) is 0 Å². The van der Waals surface area contributed by atoms with E-state index in [1.807, 2.05) is 12.1 Å². The molecule has 0 fully saturated rings. The van der Waals surface area contributed by atoms with E-state index in [1.165, 1.54) is 37.7 Å². The van der Waals surface area contributed by atoms with Gasteiger partial charge in [-0.3, -0.25) is 0 Å². The second kappa shape index (κ2) is 12.6. The summed E-state index contributed by atoms with van der Waals surface area (Å²) >= 11 is 0. The van der Waals surface area contributed by atoms with Gasteiger partial charge >= 0.3 is 7.82 Å². The number of phosphoric acid groups is 1. The maximum absolute atomic E-state index is 8.88. The minimum Gasteiger partial charge on any atom is -0.303 e. The molecule has 1 aromatic rings. The van der Waals surface area contributed by atoms with Crippen LogP contribution < -0.4 is 0 Å². The van der Waals surface area contributed by atoms with E-state index in [4.69, 9.17) is 19.2 Å². The van der Waals surface area contributed by atoms with Crippen molar-refractivity contribution in [1.29, 1.82) is 0 Å². The average molecular weight is 398 g/mol. The van der Waals surface area contributed by atoms with Gasteiger partial charge in [0.05, 0.1) is 0 Å². The zero-order valence-corrected chi connectivity index (χ0v) is 15.1. The van der Waals surface area contributed by atoms with Crippen LogP contribution in [0.1, 0.15) is 38.2 Å². The fourth-order valence-corrected chi connectivity index (χ4v) is 1.34. The molecule has 0 heterocycles. The molecule has 3 N–H and O–H groups in total. The fraction of sp³-hybridized carbons (Fsp3) is 0.500. The van der Waals surface area contributed by atoms with Crippen molar-refractivity contribution in [3.8, 4) is 0 Å². The predicted octanol–water partition coefficient (Wildman–Crippen LogP) is 2.68. The third-order valence-electron chi connectivity index (χ3n) is 2.11. The predicted molar refractivity (Wildman–Crippen MR) is 67.4 cm³/mol. The Morgan fingerprint density at radius 3 is 2.06 bits per heavy atom. The average Bonchev–Trinajstić information content (AvgIpc) is 2.24. The van der Waals surface area contributed by atoms with Crippen LogP contribution in [0.5, 0.6) is 0 Å². The van der Waals surface area contributed by atoms with Gasteiger partial charge in [0.15, 0.2) is 0 Å². The van der Waals surface area contributed by atoms with Crippen LogP contribution in [0.15, 0.2) is 24.3 Å². The Balaban J connectivity index is 0. The van der Waals surface area contributed by atoms with Crippen LogP contribution in [0.2, 0.25) is 0 Å². The second-order valence-electron chi connectivity index (χ2n) is 3.73. The summed E-state index contributed by atoms with van der Waals surface area (Å²) in [5, 5.41) is 0. The normalized spacial score (nSPS) is 10.0. The summed E-state index contributed by atoms with van der Waals surface area (Å²) in [6.07, 6.45) is 6.63. The van der Waals surface area contributed by atoms with E-state index in [0.717, 1.165) is 0 Å². The number of hydrogen-bond donors (Lipinski definition) is 3. The van der Waals surface area contributed by atoms with Crippen LogP contribution in [-0.2, 0) is 11.0 Å². The molecule has 0 bridgehead atoms. The van der Waals surface area contributed by atoms with E-state index in [-0.39, 0.29) is 35.6 Å². The zero-order chi connectivity index (χ0) is 13.1. The first kappa shape index (κ1) is 20.8. The topological polar surface area (TPSA) is 77.8 Å². The SMILES string of the molecule is CCCCCCc1cc[c-]cc1.O=P(O)(O)O.[La]. The summed E-state index contributed by atoms with van der Waals surface area (Å²) in [5.41, 5.74) is 1.45. The van der Waals surface area contributed by atoms with Gasteiger partial charge in [-0.15, -0.1) is 0 Å². The van der Waals surface area contributed by atoms with Crippen LogP contribution in [0.4, 0.5) is 0 Å². The largest absolute Gasteiger partial charge is 0.466 e. The Morgan fingerprint density at radius 2 is 1.61 bits per heavy atom. The van der Waals surface area contributed by atoms with Crippen molar-refractivity contribution in [2.75, 3.05) is 0 Å². The number of benzene rings is 1. The van der Waals surface area contributed by atoms with E-state index in [0.29, 0.717) is 0 Å². The Hall–Kier alpha value is 0.525. The summed E-state index contributed by atoms with van der Waals surface area (Å²) in [7, 11) is -4.64. The molecule has 0 aliphatic carbocycles. The first-order chi connectivity index (χ1) is 7.93. The van der Waals surface area contributed by atoms with Crippen molar-refractivity contribution < 1.29 is 54.8 Å². The van der Waals surface area contributed by atoms with Crippen molar-refractivity contribution in [3.05, 3.63) is 35.9 Å². The molecular formula is C12H20LaO4P-. The summed E-state index contributed by atoms with van der Waals surface area (Å²) in [6.45, 7) is 2.25. The zero-order valence-electron chi connectivity index (χ0n) is 10.6. The molecule has 0 aliphatic heterocycles. The van der Waals surface area contributed by atoms with Crippen molar-refractivity contribution in [1.82, 2.24) is 0 Å². The molecule has 0 saturated heterocycles. The minimum absolute atomic E-state index is 0. The van der Waals surface area contributed by atoms with E-state index in [2.05, 4.69) is 25.1 Å². The van der Waals surface area contributed by atoms with Gasteiger partial charge in [0.1, 0.15) is 0 Å². The summed E-state index contributed by atoms with van der Waals surface area (Å²) in [6, 6.07) is 11.3. The molecule has 6 heteroatoms. The van der Waals surface area contributed by atoms with Gasteiger partial charge in [0.25, 0.3) is 0 Å². The Kier molecular flexibility index (Phi) is 14.5. The molecule has 0 atom stereocenters. The molecule has 0 unspecified atom stereocenters. The maximum Gasteiger partial charge on any atom is 0.466 e. The first-order valence-corrected chi connectivity index (χ1v) is 7.23.